The first-order valence-electron chi connectivity index (χ1n) is 11.5. The Balaban J connectivity index is 1.82. The minimum atomic E-state index is -5.00. The second-order valence-corrected chi connectivity index (χ2v) is 9.40. The molecule has 2 atom stereocenters. The Hall–Kier alpha value is -3.75. The van der Waals surface area contributed by atoms with Crippen LogP contribution in [0.4, 0.5) is 17.6 Å². The summed E-state index contributed by atoms with van der Waals surface area (Å²) < 4.78 is 61.8. The normalized spacial score (nSPS) is 13.3. The quantitative estimate of drug-likeness (QED) is 0.235. The number of nitrogens with zero attached hydrogens (tertiary/aromatic N) is 6. The predicted molar refractivity (Wildman–Crippen MR) is 135 cm³/mol. The fourth-order valence-corrected chi connectivity index (χ4v) is 4.16. The fourth-order valence-electron chi connectivity index (χ4n) is 3.79. The molecule has 0 amide bonds. The van der Waals surface area contributed by atoms with Crippen LogP contribution in [0.25, 0.3) is 17.1 Å². The van der Waals surface area contributed by atoms with Gasteiger partial charge in [-0.05, 0) is 43.3 Å². The van der Waals surface area contributed by atoms with Gasteiger partial charge in [0.25, 0.3) is 0 Å². The smallest absolute Gasteiger partial charge is 0.416 e. The van der Waals surface area contributed by atoms with Gasteiger partial charge in [-0.1, -0.05) is 29.3 Å². The molecule has 0 aliphatic carbocycles. The number of hydrogen-bond acceptors (Lipinski definition) is 7. The Labute approximate surface area is 233 Å². The number of esters is 1. The van der Waals surface area contributed by atoms with Gasteiger partial charge in [-0.2, -0.15) is 13.2 Å². The number of aliphatic hydroxyl groups excluding tert-OH is 1. The van der Waals surface area contributed by atoms with E-state index < -0.39 is 49.0 Å². The van der Waals surface area contributed by atoms with Gasteiger partial charge in [0.05, 0.1) is 11.6 Å². The van der Waals surface area contributed by atoms with E-state index in [9.17, 15) is 32.3 Å². The van der Waals surface area contributed by atoms with E-state index in [1.807, 2.05) is 0 Å². The number of carbonyl (C=O) groups excluding carboxylic acids is 1. The molecule has 2 heterocycles. The van der Waals surface area contributed by atoms with Crippen LogP contribution in [0.5, 0.6) is 0 Å². The lowest BCUT2D eigenvalue weighted by Crippen LogP contribution is -2.37. The van der Waals surface area contributed by atoms with E-state index >= 15 is 0 Å². The van der Waals surface area contributed by atoms with E-state index in [2.05, 4.69) is 15.2 Å². The molecule has 0 bridgehead atoms. The van der Waals surface area contributed by atoms with Crippen LogP contribution < -0.4 is 5.69 Å². The van der Waals surface area contributed by atoms with Crippen molar-refractivity contribution in [3.05, 3.63) is 80.5 Å². The first-order chi connectivity index (χ1) is 18.8. The standard InChI is InChI=1S/C24H20Cl2F4N6O4/c1-12(40-13(2)37)21-31-19(32-36(21)20-16(26)4-3-5-17(20)27)11-35-23(39)34(10-18(38)24(28,29)30)22(33-35)14-6-8-15(25)9-7-14/h3-9,12,18,38H,10-11H2,1-2H3/t12?,18-/m0/s1. The van der Waals surface area contributed by atoms with Crippen molar-refractivity contribution in [3.63, 3.8) is 0 Å². The Morgan fingerprint density at radius 3 is 2.40 bits per heavy atom. The van der Waals surface area contributed by atoms with E-state index in [-0.39, 0.29) is 33.7 Å². The summed E-state index contributed by atoms with van der Waals surface area (Å²) in [6, 6.07) is 9.68. The van der Waals surface area contributed by atoms with Crippen molar-refractivity contribution in [2.45, 2.75) is 45.3 Å². The SMILES string of the molecule is CC(=O)OC(C)c1nc(Cn2nc(-c3ccc(Cl)cc3)n(C[C@H](O)C(F)(F)F)c2=O)nn1-c1c(F)cccc1Cl. The average molecular weight is 603 g/mol. The van der Waals surface area contributed by atoms with Crippen LogP contribution in [0.3, 0.4) is 0 Å². The molecule has 0 spiro atoms. The van der Waals surface area contributed by atoms with Crippen LogP contribution in [0.15, 0.2) is 47.3 Å². The largest absolute Gasteiger partial charge is 0.455 e. The second-order valence-electron chi connectivity index (χ2n) is 8.56. The summed E-state index contributed by atoms with van der Waals surface area (Å²) in [7, 11) is 0. The molecule has 2 aromatic heterocycles. The molecule has 4 aromatic rings. The zero-order valence-corrected chi connectivity index (χ0v) is 22.2. The topological polar surface area (TPSA) is 117 Å². The molecule has 0 aliphatic heterocycles. The number of halogens is 6. The molecule has 0 aliphatic rings. The Morgan fingerprint density at radius 1 is 1.12 bits per heavy atom. The summed E-state index contributed by atoms with van der Waals surface area (Å²) in [5.41, 5.74) is -0.969. The van der Waals surface area contributed by atoms with Crippen molar-refractivity contribution in [1.29, 1.82) is 0 Å². The molecule has 4 rings (SSSR count). The molecule has 1 unspecified atom stereocenters. The van der Waals surface area contributed by atoms with Crippen molar-refractivity contribution < 1.29 is 32.2 Å². The van der Waals surface area contributed by atoms with Crippen molar-refractivity contribution in [2.24, 2.45) is 0 Å². The lowest BCUT2D eigenvalue weighted by Gasteiger charge is -2.15. The molecule has 0 fully saturated rings. The van der Waals surface area contributed by atoms with Crippen molar-refractivity contribution in [1.82, 2.24) is 29.1 Å². The van der Waals surface area contributed by atoms with Gasteiger partial charge < -0.3 is 9.84 Å². The highest BCUT2D eigenvalue weighted by molar-refractivity contribution is 6.32. The van der Waals surface area contributed by atoms with Crippen LogP contribution in [-0.4, -0.2) is 52.5 Å². The van der Waals surface area contributed by atoms with Gasteiger partial charge >= 0.3 is 17.8 Å². The number of aromatic nitrogens is 6. The van der Waals surface area contributed by atoms with Crippen LogP contribution in [0.2, 0.25) is 10.0 Å². The number of aliphatic hydroxyl groups is 1. The summed E-state index contributed by atoms with van der Waals surface area (Å²) in [5.74, 6) is -1.79. The average Bonchev–Trinajstić information content (AvgIpc) is 3.40. The highest BCUT2D eigenvalue weighted by atomic mass is 35.5. The van der Waals surface area contributed by atoms with Crippen LogP contribution in [-0.2, 0) is 22.6 Å². The number of carbonyl (C=O) groups is 1. The molecule has 0 saturated heterocycles. The van der Waals surface area contributed by atoms with Crippen molar-refractivity contribution in [2.75, 3.05) is 0 Å². The first kappa shape index (κ1) is 29.2. The fraction of sp³-hybridized carbons (Fsp3) is 0.292. The van der Waals surface area contributed by atoms with Gasteiger partial charge in [-0.15, -0.1) is 10.2 Å². The van der Waals surface area contributed by atoms with E-state index in [1.165, 1.54) is 43.3 Å². The summed E-state index contributed by atoms with van der Waals surface area (Å²) in [6.07, 6.45) is -8.89. The number of benzene rings is 2. The summed E-state index contributed by atoms with van der Waals surface area (Å²) >= 11 is 12.1. The van der Waals surface area contributed by atoms with Crippen molar-refractivity contribution >= 4 is 29.2 Å². The monoisotopic (exact) mass is 602 g/mol. The highest BCUT2D eigenvalue weighted by Crippen LogP contribution is 2.28. The van der Waals surface area contributed by atoms with Gasteiger partial charge in [-0.25, -0.2) is 23.5 Å². The summed E-state index contributed by atoms with van der Waals surface area (Å²) in [5, 5.41) is 18.3. The first-order valence-corrected chi connectivity index (χ1v) is 12.3. The van der Waals surface area contributed by atoms with Crippen LogP contribution >= 0.6 is 23.2 Å². The molecule has 40 heavy (non-hydrogen) atoms. The summed E-state index contributed by atoms with van der Waals surface area (Å²) in [4.78, 5) is 29.0. The maximum absolute atomic E-state index is 14.8. The Bertz CT molecular complexity index is 1580. The Morgan fingerprint density at radius 2 is 1.80 bits per heavy atom. The molecule has 10 nitrogen and oxygen atoms in total. The van der Waals surface area contributed by atoms with E-state index in [4.69, 9.17) is 27.9 Å². The van der Waals surface area contributed by atoms with Crippen molar-refractivity contribution in [3.8, 4) is 17.1 Å². The molecular weight excluding hydrogens is 583 g/mol. The second kappa shape index (κ2) is 11.4. The molecular formula is C24H20Cl2F4N6O4. The van der Waals surface area contributed by atoms with Crippen LogP contribution in [0, 0.1) is 5.82 Å². The minimum Gasteiger partial charge on any atom is -0.455 e. The molecule has 2 aromatic carbocycles. The van der Waals surface area contributed by atoms with Gasteiger partial charge in [0.15, 0.2) is 29.7 Å². The van der Waals surface area contributed by atoms with E-state index in [0.717, 1.165) is 22.4 Å². The Kier molecular flexibility index (Phi) is 8.33. The number of hydrogen-bond donors (Lipinski definition) is 1. The zero-order chi connectivity index (χ0) is 29.4. The van der Waals surface area contributed by atoms with E-state index in [1.54, 1.807) is 0 Å². The predicted octanol–water partition coefficient (Wildman–Crippen LogP) is 4.33. The molecule has 0 radical (unpaired) electrons. The van der Waals surface area contributed by atoms with Gasteiger partial charge in [0, 0.05) is 17.5 Å². The number of ether oxygens (including phenoxy) is 1. The lowest BCUT2D eigenvalue weighted by atomic mass is 10.2. The van der Waals surface area contributed by atoms with Gasteiger partial charge in [-0.3, -0.25) is 9.36 Å². The maximum atomic E-state index is 14.8. The van der Waals surface area contributed by atoms with E-state index in [0.29, 0.717) is 9.59 Å². The highest BCUT2D eigenvalue weighted by Gasteiger charge is 2.39. The third kappa shape index (κ3) is 6.18. The lowest BCUT2D eigenvalue weighted by molar-refractivity contribution is -0.207. The molecule has 16 heteroatoms. The zero-order valence-electron chi connectivity index (χ0n) is 20.7. The number of para-hydroxylation sites is 1. The van der Waals surface area contributed by atoms with Crippen LogP contribution in [0.1, 0.15) is 31.6 Å². The van der Waals surface area contributed by atoms with Gasteiger partial charge in [0.2, 0.25) is 0 Å². The number of alkyl halides is 3. The molecule has 212 valence electrons. The maximum Gasteiger partial charge on any atom is 0.416 e. The molecule has 1 N–H and O–H groups in total. The third-order valence-corrected chi connectivity index (χ3v) is 6.14. The van der Waals surface area contributed by atoms with Gasteiger partial charge in [0.1, 0.15) is 18.0 Å². The molecule has 0 saturated carbocycles. The third-order valence-electron chi connectivity index (χ3n) is 5.58. The minimum absolute atomic E-state index is 0.0414. The number of rotatable bonds is 8. The summed E-state index contributed by atoms with van der Waals surface area (Å²) in [6.45, 7) is 1.00.